The lowest BCUT2D eigenvalue weighted by atomic mass is 10.2. The van der Waals surface area contributed by atoms with Crippen molar-refractivity contribution in [2.75, 3.05) is 44.7 Å². The number of hydrogen-bond acceptors (Lipinski definition) is 4. The Bertz CT molecular complexity index is 772. The van der Waals surface area contributed by atoms with E-state index in [1.54, 1.807) is 4.90 Å². The zero-order chi connectivity index (χ0) is 20.1. The predicted molar refractivity (Wildman–Crippen MR) is 101 cm³/mol. The minimum Gasteiger partial charge on any atom is -0.353 e. The normalized spacial score (nSPS) is 15.2. The highest BCUT2D eigenvalue weighted by molar-refractivity contribution is 5.78. The molecule has 1 saturated heterocycles. The number of alkyl halides is 3. The Morgan fingerprint density at radius 2 is 1.75 bits per heavy atom. The molecule has 28 heavy (non-hydrogen) atoms. The number of aromatic nitrogens is 1. The van der Waals surface area contributed by atoms with E-state index in [2.05, 4.69) is 4.98 Å². The molecule has 1 aromatic carbocycles. The van der Waals surface area contributed by atoms with E-state index in [9.17, 15) is 18.0 Å². The summed E-state index contributed by atoms with van der Waals surface area (Å²) in [6, 6.07) is 12.4. The topological polar surface area (TPSA) is 39.7 Å². The summed E-state index contributed by atoms with van der Waals surface area (Å²) in [5.41, 5.74) is 0.391. The largest absolute Gasteiger partial charge is 0.417 e. The number of pyridine rings is 1. The second-order valence-electron chi connectivity index (χ2n) is 6.93. The van der Waals surface area contributed by atoms with Gasteiger partial charge in [0.15, 0.2) is 0 Å². The molecular weight excluding hydrogens is 369 g/mol. The Morgan fingerprint density at radius 3 is 2.32 bits per heavy atom. The second kappa shape index (κ2) is 8.60. The Hall–Kier alpha value is -2.61. The summed E-state index contributed by atoms with van der Waals surface area (Å²) in [7, 11) is 1.91. The first-order chi connectivity index (χ1) is 13.3. The van der Waals surface area contributed by atoms with Crippen molar-refractivity contribution in [3.05, 3.63) is 59.8 Å². The van der Waals surface area contributed by atoms with E-state index < -0.39 is 11.7 Å². The Balaban J connectivity index is 1.48. The van der Waals surface area contributed by atoms with Gasteiger partial charge in [0.2, 0.25) is 5.91 Å². The molecule has 0 saturated carbocycles. The molecule has 0 N–H and O–H groups in total. The number of nitrogens with zero attached hydrogens (tertiary/aromatic N) is 4. The van der Waals surface area contributed by atoms with E-state index in [1.807, 2.05) is 47.2 Å². The van der Waals surface area contributed by atoms with E-state index in [0.29, 0.717) is 45.1 Å². The van der Waals surface area contributed by atoms with Gasteiger partial charge in [0.05, 0.1) is 12.1 Å². The van der Waals surface area contributed by atoms with Crippen LogP contribution in [0.15, 0.2) is 48.7 Å². The number of piperazine rings is 1. The third-order valence-electron chi connectivity index (χ3n) is 4.73. The number of halogens is 3. The van der Waals surface area contributed by atoms with Gasteiger partial charge in [0.25, 0.3) is 0 Å². The minimum absolute atomic E-state index is 0.0541. The molecule has 0 radical (unpaired) electrons. The van der Waals surface area contributed by atoms with Crippen LogP contribution < -0.4 is 4.90 Å². The van der Waals surface area contributed by atoms with Crippen molar-refractivity contribution in [2.24, 2.45) is 0 Å². The monoisotopic (exact) mass is 392 g/mol. The Labute approximate surface area is 162 Å². The van der Waals surface area contributed by atoms with Gasteiger partial charge in [-0.15, -0.1) is 0 Å². The molecule has 150 valence electrons. The van der Waals surface area contributed by atoms with Gasteiger partial charge in [0.1, 0.15) is 5.82 Å². The lowest BCUT2D eigenvalue weighted by Gasteiger charge is -2.36. The van der Waals surface area contributed by atoms with Crippen molar-refractivity contribution in [3.63, 3.8) is 0 Å². The minimum atomic E-state index is -4.39. The lowest BCUT2D eigenvalue weighted by molar-refractivity contribution is -0.138. The quantitative estimate of drug-likeness (QED) is 0.785. The fraction of sp³-hybridized carbons (Fsp3) is 0.400. The zero-order valence-corrected chi connectivity index (χ0v) is 15.7. The first-order valence-electron chi connectivity index (χ1n) is 9.11. The maximum atomic E-state index is 12.6. The van der Waals surface area contributed by atoms with Gasteiger partial charge in [-0.25, -0.2) is 4.98 Å². The highest BCUT2D eigenvalue weighted by Crippen LogP contribution is 2.29. The Kier molecular flexibility index (Phi) is 6.18. The molecule has 5 nitrogen and oxygen atoms in total. The molecule has 1 fully saturated rings. The molecule has 0 unspecified atom stereocenters. The third-order valence-corrected chi connectivity index (χ3v) is 4.73. The molecule has 2 aromatic rings. The lowest BCUT2D eigenvalue weighted by Crippen LogP contribution is -2.51. The molecule has 1 aromatic heterocycles. The van der Waals surface area contributed by atoms with Crippen molar-refractivity contribution in [1.82, 2.24) is 14.8 Å². The molecule has 1 amide bonds. The van der Waals surface area contributed by atoms with Crippen molar-refractivity contribution < 1.29 is 18.0 Å². The molecule has 8 heteroatoms. The number of carbonyl (C=O) groups excluding carboxylic acids is 1. The van der Waals surface area contributed by atoms with Crippen LogP contribution in [0.25, 0.3) is 0 Å². The van der Waals surface area contributed by atoms with Crippen LogP contribution in [0.4, 0.5) is 19.0 Å². The van der Waals surface area contributed by atoms with E-state index in [1.165, 1.54) is 6.07 Å². The molecule has 3 rings (SSSR count). The maximum Gasteiger partial charge on any atom is 0.417 e. The summed E-state index contributed by atoms with van der Waals surface area (Å²) < 4.78 is 37.9. The molecular formula is C20H23F3N4O. The van der Waals surface area contributed by atoms with E-state index >= 15 is 0 Å². The smallest absolute Gasteiger partial charge is 0.353 e. The van der Waals surface area contributed by atoms with Crippen molar-refractivity contribution in [2.45, 2.75) is 12.7 Å². The molecule has 1 aliphatic heterocycles. The SMILES string of the molecule is CN(CC(=O)N1CCN(c2ccc(C(F)(F)F)cn2)CC1)Cc1ccccc1. The van der Waals surface area contributed by atoms with Gasteiger partial charge in [-0.1, -0.05) is 30.3 Å². The summed E-state index contributed by atoms with van der Waals surface area (Å²) in [6.45, 7) is 3.18. The number of carbonyl (C=O) groups is 1. The van der Waals surface area contributed by atoms with Crippen LogP contribution in [-0.4, -0.2) is 60.5 Å². The van der Waals surface area contributed by atoms with E-state index in [-0.39, 0.29) is 5.91 Å². The van der Waals surface area contributed by atoms with Crippen LogP contribution in [0, 0.1) is 0 Å². The maximum absolute atomic E-state index is 12.6. The number of anilines is 1. The van der Waals surface area contributed by atoms with Crippen molar-refractivity contribution in [3.8, 4) is 0 Å². The summed E-state index contributed by atoms with van der Waals surface area (Å²) >= 11 is 0. The molecule has 1 aliphatic rings. The highest BCUT2D eigenvalue weighted by atomic mass is 19.4. The van der Waals surface area contributed by atoms with E-state index in [0.717, 1.165) is 17.8 Å². The summed E-state index contributed by atoms with van der Waals surface area (Å²) in [5, 5.41) is 0. The van der Waals surface area contributed by atoms with Crippen LogP contribution in [0.2, 0.25) is 0 Å². The van der Waals surface area contributed by atoms with Crippen LogP contribution in [-0.2, 0) is 17.5 Å². The van der Waals surface area contributed by atoms with Gasteiger partial charge in [-0.05, 0) is 24.7 Å². The fourth-order valence-electron chi connectivity index (χ4n) is 3.21. The number of rotatable bonds is 5. The van der Waals surface area contributed by atoms with Crippen molar-refractivity contribution >= 4 is 11.7 Å². The number of amides is 1. The summed E-state index contributed by atoms with van der Waals surface area (Å²) in [4.78, 5) is 22.1. The Morgan fingerprint density at radius 1 is 1.07 bits per heavy atom. The van der Waals surface area contributed by atoms with Gasteiger partial charge in [0, 0.05) is 38.9 Å². The first kappa shape index (κ1) is 20.1. The van der Waals surface area contributed by atoms with Gasteiger partial charge < -0.3 is 9.80 Å². The average Bonchev–Trinajstić information content (AvgIpc) is 2.68. The predicted octanol–water partition coefficient (Wildman–Crippen LogP) is 2.88. The third kappa shape index (κ3) is 5.22. The molecule has 2 heterocycles. The van der Waals surface area contributed by atoms with Crippen molar-refractivity contribution in [1.29, 1.82) is 0 Å². The van der Waals surface area contributed by atoms with E-state index in [4.69, 9.17) is 0 Å². The van der Waals surface area contributed by atoms with Gasteiger partial charge >= 0.3 is 6.18 Å². The molecule has 0 spiro atoms. The number of likely N-dealkylation sites (N-methyl/N-ethyl adjacent to an activating group) is 1. The number of hydrogen-bond donors (Lipinski definition) is 0. The standard InChI is InChI=1S/C20H23F3N4O/c1-25(14-16-5-3-2-4-6-16)15-19(28)27-11-9-26(10-12-27)18-8-7-17(13-24-18)20(21,22)23/h2-8,13H,9-12,14-15H2,1H3. The molecule has 0 bridgehead atoms. The fourth-order valence-corrected chi connectivity index (χ4v) is 3.21. The zero-order valence-electron chi connectivity index (χ0n) is 15.7. The van der Waals surface area contributed by atoms with Gasteiger partial charge in [-0.3, -0.25) is 9.69 Å². The second-order valence-corrected chi connectivity index (χ2v) is 6.93. The van der Waals surface area contributed by atoms with Crippen LogP contribution in [0.3, 0.4) is 0 Å². The highest BCUT2D eigenvalue weighted by Gasteiger charge is 2.31. The molecule has 0 aliphatic carbocycles. The van der Waals surface area contributed by atoms with Crippen LogP contribution in [0.1, 0.15) is 11.1 Å². The summed E-state index contributed by atoms with van der Waals surface area (Å²) in [5.74, 6) is 0.555. The van der Waals surface area contributed by atoms with Crippen LogP contribution in [0.5, 0.6) is 0 Å². The van der Waals surface area contributed by atoms with Crippen LogP contribution >= 0.6 is 0 Å². The number of benzene rings is 1. The average molecular weight is 392 g/mol. The summed E-state index contributed by atoms with van der Waals surface area (Å²) in [6.07, 6.45) is -3.53. The first-order valence-corrected chi connectivity index (χ1v) is 9.11. The van der Waals surface area contributed by atoms with Gasteiger partial charge in [-0.2, -0.15) is 13.2 Å². The molecule has 0 atom stereocenters.